The maximum absolute atomic E-state index is 13.2. The van der Waals surface area contributed by atoms with E-state index in [1.807, 2.05) is 0 Å². The zero-order valence-corrected chi connectivity index (χ0v) is 11.8. The van der Waals surface area contributed by atoms with E-state index in [4.69, 9.17) is 4.74 Å². The van der Waals surface area contributed by atoms with Crippen molar-refractivity contribution < 1.29 is 19.0 Å². The van der Waals surface area contributed by atoms with Gasteiger partial charge in [0.05, 0.1) is 12.7 Å². The Morgan fingerprint density at radius 3 is 2.81 bits per heavy atom. The quantitative estimate of drug-likeness (QED) is 0.848. The Morgan fingerprint density at radius 1 is 1.33 bits per heavy atom. The molecule has 21 heavy (non-hydrogen) atoms. The van der Waals surface area contributed by atoms with E-state index in [1.54, 1.807) is 25.1 Å². The van der Waals surface area contributed by atoms with Crippen molar-refractivity contribution in [2.75, 3.05) is 12.4 Å². The molecule has 4 nitrogen and oxygen atoms in total. The molecular formula is C16H16FNO3. The van der Waals surface area contributed by atoms with Crippen LogP contribution in [-0.2, 0) is 11.3 Å². The molecule has 0 aliphatic rings. The van der Waals surface area contributed by atoms with Gasteiger partial charge in [0.25, 0.3) is 0 Å². The lowest BCUT2D eigenvalue weighted by molar-refractivity contribution is 0.0600. The molecule has 2 N–H and O–H groups in total. The summed E-state index contributed by atoms with van der Waals surface area (Å²) in [7, 11) is 1.33. The van der Waals surface area contributed by atoms with E-state index < -0.39 is 11.8 Å². The van der Waals surface area contributed by atoms with Crippen LogP contribution in [0.5, 0.6) is 5.75 Å². The smallest absolute Gasteiger partial charge is 0.338 e. The molecule has 0 atom stereocenters. The first-order valence-electron chi connectivity index (χ1n) is 6.42. The lowest BCUT2D eigenvalue weighted by atomic mass is 10.1. The largest absolute Gasteiger partial charge is 0.508 e. The predicted molar refractivity (Wildman–Crippen MR) is 77.9 cm³/mol. The molecule has 5 heteroatoms. The minimum absolute atomic E-state index is 0.0191. The summed E-state index contributed by atoms with van der Waals surface area (Å²) in [6.45, 7) is 2.04. The highest BCUT2D eigenvalue weighted by atomic mass is 19.1. The third-order valence-electron chi connectivity index (χ3n) is 3.25. The average Bonchev–Trinajstić information content (AvgIpc) is 2.48. The van der Waals surface area contributed by atoms with Crippen molar-refractivity contribution >= 4 is 11.7 Å². The molecule has 0 bridgehead atoms. The number of hydrogen-bond acceptors (Lipinski definition) is 4. The van der Waals surface area contributed by atoms with E-state index in [2.05, 4.69) is 5.32 Å². The van der Waals surface area contributed by atoms with Crippen molar-refractivity contribution in [3.8, 4) is 5.75 Å². The third-order valence-corrected chi connectivity index (χ3v) is 3.25. The fourth-order valence-corrected chi connectivity index (χ4v) is 2.04. The number of halogens is 1. The van der Waals surface area contributed by atoms with E-state index in [0.29, 0.717) is 11.1 Å². The van der Waals surface area contributed by atoms with Gasteiger partial charge in [0.15, 0.2) is 0 Å². The average molecular weight is 289 g/mol. The van der Waals surface area contributed by atoms with E-state index in [0.717, 1.165) is 11.3 Å². The molecule has 2 rings (SSSR count). The third kappa shape index (κ3) is 3.31. The molecule has 0 saturated carbocycles. The number of nitrogens with one attached hydrogen (secondary N) is 1. The Hall–Kier alpha value is -2.56. The summed E-state index contributed by atoms with van der Waals surface area (Å²) in [5.41, 5.74) is 2.37. The van der Waals surface area contributed by atoms with Gasteiger partial charge in [-0.1, -0.05) is 6.07 Å². The molecule has 0 unspecified atom stereocenters. The maximum Gasteiger partial charge on any atom is 0.338 e. The maximum atomic E-state index is 13.2. The summed E-state index contributed by atoms with van der Waals surface area (Å²) in [6, 6.07) is 8.98. The van der Waals surface area contributed by atoms with Crippen LogP contribution in [0.1, 0.15) is 21.5 Å². The monoisotopic (exact) mass is 289 g/mol. The van der Waals surface area contributed by atoms with Crippen LogP contribution in [0.4, 0.5) is 10.1 Å². The standard InChI is InChI=1S/C16H16FNO3/c1-10-13(16(20)21-2)4-3-5-14(10)18-9-11-8-12(17)6-7-15(11)19/h3-8,18-19H,9H2,1-2H3. The van der Waals surface area contributed by atoms with Crippen LogP contribution in [0.3, 0.4) is 0 Å². The molecular weight excluding hydrogens is 273 g/mol. The summed E-state index contributed by atoms with van der Waals surface area (Å²) in [5, 5.41) is 12.8. The van der Waals surface area contributed by atoms with Crippen LogP contribution >= 0.6 is 0 Å². The zero-order valence-electron chi connectivity index (χ0n) is 11.8. The molecule has 0 heterocycles. The normalized spacial score (nSPS) is 10.2. The van der Waals surface area contributed by atoms with Gasteiger partial charge in [0.1, 0.15) is 11.6 Å². The fourth-order valence-electron chi connectivity index (χ4n) is 2.04. The molecule has 0 amide bonds. The number of phenols is 1. The number of ether oxygens (including phenoxy) is 1. The summed E-state index contributed by atoms with van der Waals surface area (Å²) < 4.78 is 17.9. The van der Waals surface area contributed by atoms with Crippen LogP contribution < -0.4 is 5.32 Å². The van der Waals surface area contributed by atoms with Crippen molar-refractivity contribution in [1.29, 1.82) is 0 Å². The van der Waals surface area contributed by atoms with Gasteiger partial charge in [-0.2, -0.15) is 0 Å². The number of aromatic hydroxyl groups is 1. The van der Waals surface area contributed by atoms with Crippen molar-refractivity contribution in [1.82, 2.24) is 0 Å². The zero-order chi connectivity index (χ0) is 15.4. The Bertz CT molecular complexity index is 671. The molecule has 0 aliphatic heterocycles. The minimum Gasteiger partial charge on any atom is -0.508 e. The van der Waals surface area contributed by atoms with E-state index in [-0.39, 0.29) is 12.3 Å². The summed E-state index contributed by atoms with van der Waals surface area (Å²) in [4.78, 5) is 11.6. The molecule has 0 radical (unpaired) electrons. The van der Waals surface area contributed by atoms with Crippen molar-refractivity contribution in [2.24, 2.45) is 0 Å². The number of anilines is 1. The topological polar surface area (TPSA) is 58.6 Å². The molecule has 0 aromatic heterocycles. The lowest BCUT2D eigenvalue weighted by Crippen LogP contribution is -2.07. The number of phenolic OH excluding ortho intramolecular Hbond substituents is 1. The van der Waals surface area contributed by atoms with Crippen molar-refractivity contribution in [3.05, 3.63) is 58.9 Å². The number of esters is 1. The molecule has 110 valence electrons. The number of carbonyl (C=O) groups is 1. The second-order valence-electron chi connectivity index (χ2n) is 4.60. The highest BCUT2D eigenvalue weighted by Crippen LogP contribution is 2.23. The summed E-state index contributed by atoms with van der Waals surface area (Å²) in [6.07, 6.45) is 0. The molecule has 0 spiro atoms. The Morgan fingerprint density at radius 2 is 2.10 bits per heavy atom. The molecule has 2 aromatic carbocycles. The van der Waals surface area contributed by atoms with Gasteiger partial charge < -0.3 is 15.2 Å². The van der Waals surface area contributed by atoms with E-state index in [1.165, 1.54) is 25.3 Å². The Kier molecular flexibility index (Phi) is 4.42. The van der Waals surface area contributed by atoms with E-state index in [9.17, 15) is 14.3 Å². The van der Waals surface area contributed by atoms with Crippen molar-refractivity contribution in [3.63, 3.8) is 0 Å². The van der Waals surface area contributed by atoms with Crippen LogP contribution in [0.2, 0.25) is 0 Å². The first-order valence-corrected chi connectivity index (χ1v) is 6.42. The second-order valence-corrected chi connectivity index (χ2v) is 4.60. The van der Waals surface area contributed by atoms with Crippen LogP contribution in [0, 0.1) is 12.7 Å². The SMILES string of the molecule is COC(=O)c1cccc(NCc2cc(F)ccc2O)c1C. The number of rotatable bonds is 4. The molecule has 0 fully saturated rings. The molecule has 0 aliphatic carbocycles. The Labute approximate surface area is 122 Å². The summed E-state index contributed by atoms with van der Waals surface area (Å²) >= 11 is 0. The van der Waals surface area contributed by atoms with Gasteiger partial charge in [-0.3, -0.25) is 0 Å². The van der Waals surface area contributed by atoms with Gasteiger partial charge in [0.2, 0.25) is 0 Å². The number of methoxy groups -OCH3 is 1. The van der Waals surface area contributed by atoms with Gasteiger partial charge >= 0.3 is 5.97 Å². The van der Waals surface area contributed by atoms with Gasteiger partial charge in [-0.25, -0.2) is 9.18 Å². The summed E-state index contributed by atoms with van der Waals surface area (Å²) in [5.74, 6) is -0.805. The molecule has 0 saturated heterocycles. The van der Waals surface area contributed by atoms with Crippen molar-refractivity contribution in [2.45, 2.75) is 13.5 Å². The number of carbonyl (C=O) groups excluding carboxylic acids is 1. The van der Waals surface area contributed by atoms with Gasteiger partial charge in [-0.05, 0) is 42.8 Å². The number of hydrogen-bond donors (Lipinski definition) is 2. The second kappa shape index (κ2) is 6.26. The highest BCUT2D eigenvalue weighted by molar-refractivity contribution is 5.92. The van der Waals surface area contributed by atoms with Gasteiger partial charge in [0, 0.05) is 17.8 Å². The van der Waals surface area contributed by atoms with E-state index >= 15 is 0 Å². The molecule has 2 aromatic rings. The fraction of sp³-hybridized carbons (Fsp3) is 0.188. The van der Waals surface area contributed by atoms with Crippen LogP contribution in [0.15, 0.2) is 36.4 Å². The van der Waals surface area contributed by atoms with Gasteiger partial charge in [-0.15, -0.1) is 0 Å². The Balaban J connectivity index is 2.21. The minimum atomic E-state index is -0.412. The highest BCUT2D eigenvalue weighted by Gasteiger charge is 2.12. The van der Waals surface area contributed by atoms with Crippen LogP contribution in [0.25, 0.3) is 0 Å². The number of benzene rings is 2. The predicted octanol–water partition coefficient (Wildman–Crippen LogP) is 3.24. The first kappa shape index (κ1) is 14.8. The van der Waals surface area contributed by atoms with Crippen LogP contribution in [-0.4, -0.2) is 18.2 Å². The lowest BCUT2D eigenvalue weighted by Gasteiger charge is -2.13. The first-order chi connectivity index (χ1) is 10.0.